The molecule has 0 aliphatic carbocycles. The molecule has 0 bridgehead atoms. The van der Waals surface area contributed by atoms with Crippen LogP contribution in [0, 0.1) is 10.8 Å². The van der Waals surface area contributed by atoms with Crippen molar-refractivity contribution in [2.24, 2.45) is 10.8 Å². The molecule has 0 saturated carbocycles. The third kappa shape index (κ3) is 10.4. The lowest BCUT2D eigenvalue weighted by Gasteiger charge is -2.20. The van der Waals surface area contributed by atoms with Crippen molar-refractivity contribution in [3.8, 4) is 0 Å². The van der Waals surface area contributed by atoms with Crippen LogP contribution in [0.15, 0.2) is 94.7 Å². The van der Waals surface area contributed by atoms with Crippen LogP contribution >= 0.6 is 23.5 Å². The molecule has 3 rings (SSSR count). The average Bonchev–Trinajstić information content (AvgIpc) is 2.98. The largest absolute Gasteiger partial charge is 0.354 e. The van der Waals surface area contributed by atoms with Crippen molar-refractivity contribution in [2.75, 3.05) is 22.1 Å². The minimum atomic E-state index is -0.535. The number of ketones is 2. The standard InChI is InChI=1S/C38H48N2O2S2/c1-9-22-43-33-20-13-11-18-29(33)39-31(25-35(41)37(3,4)5)27-16-15-17-28(24-27)32(26-36(42)38(6,7)8)40-30-19-12-14-21-34(30)44-23-10-2/h11-21,24-26,39-40H,9-10,22-23H2,1-8H3/b31-25-,32-26-. The zero-order chi connectivity index (χ0) is 32.3. The van der Waals surface area contributed by atoms with Crippen molar-refractivity contribution in [2.45, 2.75) is 78.0 Å². The highest BCUT2D eigenvalue weighted by molar-refractivity contribution is 7.99. The number of rotatable bonds is 14. The van der Waals surface area contributed by atoms with Gasteiger partial charge in [-0.05, 0) is 65.8 Å². The summed E-state index contributed by atoms with van der Waals surface area (Å²) < 4.78 is 0. The highest BCUT2D eigenvalue weighted by Gasteiger charge is 2.22. The fourth-order valence-electron chi connectivity index (χ4n) is 4.04. The molecule has 234 valence electrons. The van der Waals surface area contributed by atoms with Crippen LogP contribution in [0.5, 0.6) is 0 Å². The van der Waals surface area contributed by atoms with Crippen LogP contribution in [-0.2, 0) is 9.59 Å². The van der Waals surface area contributed by atoms with Crippen molar-refractivity contribution in [3.05, 3.63) is 96.1 Å². The van der Waals surface area contributed by atoms with Crippen LogP contribution in [0.4, 0.5) is 11.4 Å². The number of benzene rings is 3. The molecular formula is C38H48N2O2S2. The van der Waals surface area contributed by atoms with Crippen molar-refractivity contribution in [3.63, 3.8) is 0 Å². The number of hydrogen-bond acceptors (Lipinski definition) is 6. The Morgan fingerprint density at radius 3 is 1.36 bits per heavy atom. The summed E-state index contributed by atoms with van der Waals surface area (Å²) in [5, 5.41) is 7.20. The third-order valence-corrected chi connectivity index (χ3v) is 9.31. The summed E-state index contributed by atoms with van der Waals surface area (Å²) in [7, 11) is 0. The van der Waals surface area contributed by atoms with E-state index in [1.165, 1.54) is 0 Å². The van der Waals surface area contributed by atoms with Gasteiger partial charge in [0.05, 0.1) is 11.4 Å². The van der Waals surface area contributed by atoms with E-state index in [1.54, 1.807) is 35.7 Å². The van der Waals surface area contributed by atoms with Gasteiger partial charge in [0.15, 0.2) is 11.6 Å². The van der Waals surface area contributed by atoms with Crippen molar-refractivity contribution in [1.82, 2.24) is 0 Å². The Hall–Kier alpha value is -3.22. The Kier molecular flexibility index (Phi) is 13.0. The Morgan fingerprint density at radius 1 is 0.614 bits per heavy atom. The van der Waals surface area contributed by atoms with Gasteiger partial charge in [-0.2, -0.15) is 0 Å². The van der Waals surface area contributed by atoms with Crippen molar-refractivity contribution < 1.29 is 9.59 Å². The molecule has 2 N–H and O–H groups in total. The first-order valence-electron chi connectivity index (χ1n) is 15.4. The monoisotopic (exact) mass is 628 g/mol. The molecule has 0 saturated heterocycles. The molecule has 0 fully saturated rings. The first kappa shape index (κ1) is 35.3. The van der Waals surface area contributed by atoms with Gasteiger partial charge in [-0.25, -0.2) is 0 Å². The van der Waals surface area contributed by atoms with Crippen molar-refractivity contribution in [1.29, 1.82) is 0 Å². The second kappa shape index (κ2) is 16.2. The van der Waals surface area contributed by atoms with Gasteiger partial charge in [0.25, 0.3) is 0 Å². The second-order valence-electron chi connectivity index (χ2n) is 12.9. The smallest absolute Gasteiger partial charge is 0.163 e. The number of nitrogens with one attached hydrogen (secondary N) is 2. The van der Waals surface area contributed by atoms with E-state index in [-0.39, 0.29) is 11.6 Å². The average molecular weight is 629 g/mol. The molecule has 0 heterocycles. The SMILES string of the molecule is CCCSc1ccccc1N/C(=C\C(=O)C(C)(C)C)c1cccc(/C(=C/C(=O)C(C)(C)C)Nc2ccccc2SCCC)c1. The summed E-state index contributed by atoms with van der Waals surface area (Å²) in [5.74, 6) is 2.08. The van der Waals surface area contributed by atoms with Gasteiger partial charge >= 0.3 is 0 Å². The first-order chi connectivity index (χ1) is 20.8. The van der Waals surface area contributed by atoms with E-state index in [1.807, 2.05) is 90.1 Å². The van der Waals surface area contributed by atoms with Gasteiger partial charge in [-0.15, -0.1) is 23.5 Å². The number of anilines is 2. The van der Waals surface area contributed by atoms with Gasteiger partial charge in [0.1, 0.15) is 0 Å². The van der Waals surface area contributed by atoms with E-state index in [0.29, 0.717) is 0 Å². The Morgan fingerprint density at radius 2 is 1.00 bits per heavy atom. The van der Waals surface area contributed by atoms with Crippen LogP contribution < -0.4 is 10.6 Å². The fraction of sp³-hybridized carbons (Fsp3) is 0.368. The second-order valence-corrected chi connectivity index (χ2v) is 15.1. The summed E-state index contributed by atoms with van der Waals surface area (Å²) in [4.78, 5) is 29.0. The van der Waals surface area contributed by atoms with Gasteiger partial charge in [0, 0.05) is 44.2 Å². The maximum atomic E-state index is 13.3. The molecule has 0 spiro atoms. The lowest BCUT2D eigenvalue weighted by atomic mass is 9.89. The highest BCUT2D eigenvalue weighted by Crippen LogP contribution is 2.34. The molecule has 0 radical (unpaired) electrons. The quantitative estimate of drug-likeness (QED) is 0.137. The molecular weight excluding hydrogens is 581 g/mol. The van der Waals surface area contributed by atoms with Gasteiger partial charge in [-0.1, -0.05) is 97.9 Å². The summed E-state index contributed by atoms with van der Waals surface area (Å²) in [6, 6.07) is 24.5. The van der Waals surface area contributed by atoms with Crippen LogP contribution in [-0.4, -0.2) is 23.1 Å². The zero-order valence-corrected chi connectivity index (χ0v) is 29.2. The third-order valence-electron chi connectivity index (χ3n) is 6.75. The summed E-state index contributed by atoms with van der Waals surface area (Å²) in [6.45, 7) is 15.9. The molecule has 0 unspecified atom stereocenters. The molecule has 0 amide bonds. The number of para-hydroxylation sites is 2. The summed E-state index contributed by atoms with van der Waals surface area (Å²) >= 11 is 3.60. The van der Waals surface area contributed by atoms with Gasteiger partial charge < -0.3 is 10.6 Å². The molecule has 0 atom stereocenters. The van der Waals surface area contributed by atoms with E-state index in [0.717, 1.165) is 68.0 Å². The lowest BCUT2D eigenvalue weighted by Crippen LogP contribution is -2.19. The van der Waals surface area contributed by atoms with Gasteiger partial charge in [0.2, 0.25) is 0 Å². The van der Waals surface area contributed by atoms with Crippen molar-refractivity contribution >= 4 is 57.9 Å². The summed E-state index contributed by atoms with van der Waals surface area (Å²) in [6.07, 6.45) is 5.58. The molecule has 0 aliphatic heterocycles. The van der Waals surface area contributed by atoms with Crippen LogP contribution in [0.1, 0.15) is 79.4 Å². The lowest BCUT2D eigenvalue weighted by molar-refractivity contribution is -0.122. The topological polar surface area (TPSA) is 58.2 Å². The molecule has 0 aromatic heterocycles. The molecule has 6 heteroatoms. The normalized spacial score (nSPS) is 12.6. The van der Waals surface area contributed by atoms with E-state index in [4.69, 9.17) is 0 Å². The highest BCUT2D eigenvalue weighted by atomic mass is 32.2. The number of carbonyl (C=O) groups excluding carboxylic acids is 2. The molecule has 3 aromatic rings. The Bertz CT molecular complexity index is 1380. The van der Waals surface area contributed by atoms with E-state index >= 15 is 0 Å². The predicted octanol–water partition coefficient (Wildman–Crippen LogP) is 10.8. The maximum absolute atomic E-state index is 13.3. The summed E-state index contributed by atoms with van der Waals surface area (Å²) in [5.41, 5.74) is 4.01. The van der Waals surface area contributed by atoms with Crippen LogP contribution in [0.25, 0.3) is 11.4 Å². The number of thioether (sulfide) groups is 2. The molecule has 4 nitrogen and oxygen atoms in total. The minimum Gasteiger partial charge on any atom is -0.354 e. The number of carbonyl (C=O) groups is 2. The minimum absolute atomic E-state index is 0.0303. The predicted molar refractivity (Wildman–Crippen MR) is 193 cm³/mol. The first-order valence-corrected chi connectivity index (χ1v) is 17.4. The van der Waals surface area contributed by atoms with E-state index in [9.17, 15) is 9.59 Å². The zero-order valence-electron chi connectivity index (χ0n) is 27.5. The number of allylic oxidation sites excluding steroid dienone is 2. The molecule has 3 aromatic carbocycles. The molecule has 44 heavy (non-hydrogen) atoms. The van der Waals surface area contributed by atoms with Crippen LogP contribution in [0.2, 0.25) is 0 Å². The number of hydrogen-bond donors (Lipinski definition) is 2. The maximum Gasteiger partial charge on any atom is 0.163 e. The van der Waals surface area contributed by atoms with E-state index in [2.05, 4.69) is 48.7 Å². The Labute approximate surface area is 273 Å². The van der Waals surface area contributed by atoms with Gasteiger partial charge in [-0.3, -0.25) is 9.59 Å². The Balaban J connectivity index is 2.14. The fourth-order valence-corrected chi connectivity index (χ4v) is 5.79. The van der Waals surface area contributed by atoms with E-state index < -0.39 is 10.8 Å². The van der Waals surface area contributed by atoms with Crippen LogP contribution in [0.3, 0.4) is 0 Å². The molecule has 0 aliphatic rings.